The van der Waals surface area contributed by atoms with Crippen LogP contribution < -0.4 is 9.84 Å². The molecule has 0 spiro atoms. The zero-order chi connectivity index (χ0) is 7.68. The number of anilines is 1. The summed E-state index contributed by atoms with van der Waals surface area (Å²) >= 11 is 1.68. The number of fused-ring (bicyclic) bond motifs is 1. The molecule has 0 fully saturated rings. The van der Waals surface area contributed by atoms with Crippen molar-refractivity contribution in [2.24, 2.45) is 0 Å². The van der Waals surface area contributed by atoms with Crippen molar-refractivity contribution >= 4 is 17.6 Å². The van der Waals surface area contributed by atoms with Crippen LogP contribution in [0.3, 0.4) is 0 Å². The Morgan fingerprint density at radius 1 is 1.45 bits per heavy atom. The molecule has 0 saturated heterocycles. The topological polar surface area (TPSA) is 15.3 Å². The summed E-state index contributed by atoms with van der Waals surface area (Å²) in [5.74, 6) is 0. The molecule has 3 heteroatoms. The highest BCUT2D eigenvalue weighted by atomic mass is 32.2. The number of benzene rings is 1. The molecular weight excluding hydrogens is 156 g/mol. The normalized spacial score (nSPS) is 15.2. The highest BCUT2D eigenvalue weighted by Gasteiger charge is 2.16. The van der Waals surface area contributed by atoms with Gasteiger partial charge in [-0.25, -0.2) is 0 Å². The van der Waals surface area contributed by atoms with E-state index in [4.69, 9.17) is 0 Å². The number of rotatable bonds is 1. The molecule has 1 aromatic rings. The van der Waals surface area contributed by atoms with E-state index in [2.05, 4.69) is 41.0 Å². The fourth-order valence-corrected chi connectivity index (χ4v) is 2.02. The van der Waals surface area contributed by atoms with E-state index in [-0.39, 0.29) is 0 Å². The van der Waals surface area contributed by atoms with Gasteiger partial charge in [0.25, 0.3) is 0 Å². The predicted molar refractivity (Wildman–Crippen MR) is 48.5 cm³/mol. The molecule has 1 aromatic carbocycles. The Kier molecular flexibility index (Phi) is 1.75. The minimum atomic E-state index is 1.00. The maximum absolute atomic E-state index is 3.22. The Hall–Kier alpha value is -0.670. The highest BCUT2D eigenvalue weighted by Crippen LogP contribution is 2.33. The van der Waals surface area contributed by atoms with E-state index in [1.165, 1.54) is 10.6 Å². The van der Waals surface area contributed by atoms with Crippen LogP contribution >= 0.6 is 11.9 Å². The van der Waals surface area contributed by atoms with Gasteiger partial charge in [-0.2, -0.15) is 4.83 Å². The first kappa shape index (κ1) is 7.00. The third-order valence-corrected chi connectivity index (χ3v) is 2.61. The molecule has 0 radical (unpaired) electrons. The summed E-state index contributed by atoms with van der Waals surface area (Å²) in [5.41, 5.74) is 1.29. The zero-order valence-corrected chi connectivity index (χ0v) is 7.19. The predicted octanol–water partition coefficient (Wildman–Crippen LogP) is 2.04. The smallest absolute Gasteiger partial charge is 0.0678 e. The van der Waals surface area contributed by atoms with E-state index in [9.17, 15) is 0 Å². The minimum Gasteiger partial charge on any atom is -0.298 e. The van der Waals surface area contributed by atoms with Crippen molar-refractivity contribution in [1.82, 2.24) is 4.83 Å². The van der Waals surface area contributed by atoms with Gasteiger partial charge in [0.1, 0.15) is 0 Å². The van der Waals surface area contributed by atoms with Gasteiger partial charge < -0.3 is 0 Å². The summed E-state index contributed by atoms with van der Waals surface area (Å²) in [4.78, 5) is 4.54. The van der Waals surface area contributed by atoms with Crippen LogP contribution in [0.25, 0.3) is 0 Å². The fraction of sp³-hybridized carbons (Fsp3) is 0.250. The first-order valence-electron chi connectivity index (χ1n) is 3.71. The van der Waals surface area contributed by atoms with Crippen LogP contribution in [0.5, 0.6) is 0 Å². The lowest BCUT2D eigenvalue weighted by molar-refractivity contribution is 0.844. The van der Waals surface area contributed by atoms with Crippen molar-refractivity contribution in [1.29, 1.82) is 0 Å². The fourth-order valence-electron chi connectivity index (χ4n) is 1.15. The van der Waals surface area contributed by atoms with Crippen LogP contribution in [-0.4, -0.2) is 6.54 Å². The summed E-state index contributed by atoms with van der Waals surface area (Å²) < 4.78 is 0. The molecular formula is C8H10N2S. The number of nitrogens with zero attached hydrogens (tertiary/aromatic N) is 1. The molecule has 1 N–H and O–H groups in total. The molecule has 1 heterocycles. The molecule has 58 valence electrons. The number of hydrazine groups is 1. The quantitative estimate of drug-likeness (QED) is 0.643. The van der Waals surface area contributed by atoms with Gasteiger partial charge in [0.2, 0.25) is 0 Å². The van der Waals surface area contributed by atoms with Gasteiger partial charge in [0.05, 0.1) is 5.69 Å². The van der Waals surface area contributed by atoms with E-state index in [0.29, 0.717) is 0 Å². The summed E-state index contributed by atoms with van der Waals surface area (Å²) in [6.07, 6.45) is 0. The third-order valence-electron chi connectivity index (χ3n) is 1.74. The first-order chi connectivity index (χ1) is 5.42. The monoisotopic (exact) mass is 166 g/mol. The van der Waals surface area contributed by atoms with Crippen molar-refractivity contribution in [3.63, 3.8) is 0 Å². The molecule has 0 atom stereocenters. The second-order valence-corrected chi connectivity index (χ2v) is 3.23. The lowest BCUT2D eigenvalue weighted by atomic mass is 10.3. The second-order valence-electron chi connectivity index (χ2n) is 2.41. The van der Waals surface area contributed by atoms with Crippen molar-refractivity contribution in [3.8, 4) is 0 Å². The maximum Gasteiger partial charge on any atom is 0.0678 e. The molecule has 0 aliphatic carbocycles. The average molecular weight is 166 g/mol. The maximum atomic E-state index is 3.22. The van der Waals surface area contributed by atoms with Crippen molar-refractivity contribution in [2.45, 2.75) is 11.8 Å². The second kappa shape index (κ2) is 2.75. The lowest BCUT2D eigenvalue weighted by Crippen LogP contribution is -2.28. The number of nitrogens with one attached hydrogen (secondary N) is 1. The molecule has 2 nitrogen and oxygen atoms in total. The van der Waals surface area contributed by atoms with Gasteiger partial charge in [-0.1, -0.05) is 12.1 Å². The summed E-state index contributed by atoms with van der Waals surface area (Å²) in [5, 5.41) is 2.14. The highest BCUT2D eigenvalue weighted by molar-refractivity contribution is 7.98. The number of para-hydroxylation sites is 1. The van der Waals surface area contributed by atoms with Gasteiger partial charge in [0.15, 0.2) is 0 Å². The van der Waals surface area contributed by atoms with Gasteiger partial charge in [0, 0.05) is 11.4 Å². The third kappa shape index (κ3) is 1.10. The standard InChI is InChI=1S/C8H10N2S/c1-2-10-7-5-3-4-6-8(7)11-9-10/h3-6,9H,2H2,1H3. The van der Waals surface area contributed by atoms with E-state index in [1.807, 2.05) is 0 Å². The van der Waals surface area contributed by atoms with Gasteiger partial charge in [-0.3, -0.25) is 5.01 Å². The van der Waals surface area contributed by atoms with E-state index in [0.717, 1.165) is 6.54 Å². The van der Waals surface area contributed by atoms with Crippen LogP contribution in [0.2, 0.25) is 0 Å². The SMILES string of the molecule is CCN1NSc2ccccc21. The Morgan fingerprint density at radius 3 is 3.09 bits per heavy atom. The van der Waals surface area contributed by atoms with Crippen LogP contribution in [0.15, 0.2) is 29.2 Å². The zero-order valence-electron chi connectivity index (χ0n) is 6.37. The molecule has 0 bridgehead atoms. The number of hydrogen-bond donors (Lipinski definition) is 1. The Balaban J connectivity index is 2.39. The van der Waals surface area contributed by atoms with E-state index in [1.54, 1.807) is 11.9 Å². The van der Waals surface area contributed by atoms with Gasteiger partial charge in [-0.05, 0) is 31.0 Å². The van der Waals surface area contributed by atoms with Crippen LogP contribution in [0, 0.1) is 0 Å². The summed E-state index contributed by atoms with van der Waals surface area (Å²) in [6.45, 7) is 3.14. The Labute approximate surface area is 70.7 Å². The first-order valence-corrected chi connectivity index (χ1v) is 4.52. The largest absolute Gasteiger partial charge is 0.298 e. The Morgan fingerprint density at radius 2 is 2.27 bits per heavy atom. The molecule has 2 rings (SSSR count). The molecule has 0 aromatic heterocycles. The average Bonchev–Trinajstić information content (AvgIpc) is 2.47. The number of hydrogen-bond acceptors (Lipinski definition) is 3. The summed E-state index contributed by atoms with van der Waals surface area (Å²) in [7, 11) is 0. The Bertz CT molecular complexity index is 262. The molecule has 0 amide bonds. The molecule has 0 unspecified atom stereocenters. The van der Waals surface area contributed by atoms with Crippen molar-refractivity contribution < 1.29 is 0 Å². The summed E-state index contributed by atoms with van der Waals surface area (Å²) in [6, 6.07) is 8.39. The van der Waals surface area contributed by atoms with E-state index < -0.39 is 0 Å². The van der Waals surface area contributed by atoms with Crippen LogP contribution in [0.4, 0.5) is 5.69 Å². The molecule has 11 heavy (non-hydrogen) atoms. The van der Waals surface area contributed by atoms with Crippen molar-refractivity contribution in [2.75, 3.05) is 11.6 Å². The van der Waals surface area contributed by atoms with E-state index >= 15 is 0 Å². The van der Waals surface area contributed by atoms with Crippen LogP contribution in [-0.2, 0) is 0 Å². The van der Waals surface area contributed by atoms with Crippen LogP contribution in [0.1, 0.15) is 6.92 Å². The molecule has 1 aliphatic heterocycles. The molecule has 1 aliphatic rings. The minimum absolute atomic E-state index is 1.00. The van der Waals surface area contributed by atoms with Crippen molar-refractivity contribution in [3.05, 3.63) is 24.3 Å². The van der Waals surface area contributed by atoms with Gasteiger partial charge >= 0.3 is 0 Å². The molecule has 0 saturated carbocycles. The van der Waals surface area contributed by atoms with Gasteiger partial charge in [-0.15, -0.1) is 0 Å². The lowest BCUT2D eigenvalue weighted by Gasteiger charge is -2.14.